The number of nitrogens with zero attached hydrogens (tertiary/aromatic N) is 4. The van der Waals surface area contributed by atoms with Crippen molar-refractivity contribution < 1.29 is 4.79 Å². The second-order valence-electron chi connectivity index (χ2n) is 9.70. The van der Waals surface area contributed by atoms with E-state index in [2.05, 4.69) is 27.4 Å². The maximum Gasteiger partial charge on any atom is 0.350 e. The van der Waals surface area contributed by atoms with E-state index in [-0.39, 0.29) is 29.7 Å². The zero-order valence-electron chi connectivity index (χ0n) is 20.5. The Kier molecular flexibility index (Phi) is 7.32. The molecule has 0 spiro atoms. The largest absolute Gasteiger partial charge is 0.352 e. The fourth-order valence-electron chi connectivity index (χ4n) is 4.77. The molecule has 2 heterocycles. The molecule has 1 aromatic heterocycles. The Hall–Kier alpha value is -3.19. The highest BCUT2D eigenvalue weighted by molar-refractivity contribution is 5.83. The van der Waals surface area contributed by atoms with Gasteiger partial charge in [-0.15, -0.1) is 0 Å². The predicted octanol–water partition coefficient (Wildman–Crippen LogP) is 4.06. The third-order valence-corrected chi connectivity index (χ3v) is 6.51. The van der Waals surface area contributed by atoms with Crippen molar-refractivity contribution in [3.63, 3.8) is 0 Å². The van der Waals surface area contributed by atoms with Crippen molar-refractivity contribution in [2.75, 3.05) is 13.1 Å². The van der Waals surface area contributed by atoms with Gasteiger partial charge in [0.05, 0.1) is 11.7 Å². The molecule has 4 rings (SSSR count). The average Bonchev–Trinajstić information content (AvgIpc) is 3.22. The van der Waals surface area contributed by atoms with Gasteiger partial charge in [-0.3, -0.25) is 9.69 Å². The van der Waals surface area contributed by atoms with E-state index in [9.17, 15) is 9.59 Å². The van der Waals surface area contributed by atoms with Crippen molar-refractivity contribution in [1.82, 2.24) is 24.6 Å². The summed E-state index contributed by atoms with van der Waals surface area (Å²) < 4.78 is 3.08. The summed E-state index contributed by atoms with van der Waals surface area (Å²) >= 11 is 0. The van der Waals surface area contributed by atoms with Crippen LogP contribution >= 0.6 is 0 Å². The smallest absolute Gasteiger partial charge is 0.350 e. The van der Waals surface area contributed by atoms with Gasteiger partial charge in [0.15, 0.2) is 0 Å². The summed E-state index contributed by atoms with van der Waals surface area (Å²) in [6.07, 6.45) is 3.56. The van der Waals surface area contributed by atoms with Crippen LogP contribution in [-0.2, 0) is 4.79 Å². The second-order valence-corrected chi connectivity index (χ2v) is 9.70. The Labute approximate surface area is 201 Å². The van der Waals surface area contributed by atoms with Crippen molar-refractivity contribution in [1.29, 1.82) is 0 Å². The minimum absolute atomic E-state index is 0.0283. The minimum Gasteiger partial charge on any atom is -0.352 e. The van der Waals surface area contributed by atoms with Crippen LogP contribution in [0.2, 0.25) is 0 Å². The SMILES string of the molecule is CC(C)NC(=O)C(c1ccccc1)N1CCC(c2ccc(-n3cnn(C(C)C)c3=O)cc2)CC1. The molecule has 2 aromatic carbocycles. The van der Waals surface area contributed by atoms with Gasteiger partial charge in [-0.2, -0.15) is 5.10 Å². The fraction of sp³-hybridized carbons (Fsp3) is 0.444. The summed E-state index contributed by atoms with van der Waals surface area (Å²) in [6.45, 7) is 9.61. The molecule has 7 heteroatoms. The first-order valence-electron chi connectivity index (χ1n) is 12.2. The maximum atomic E-state index is 13.1. The van der Waals surface area contributed by atoms with Crippen LogP contribution in [0.5, 0.6) is 0 Å². The van der Waals surface area contributed by atoms with Crippen molar-refractivity contribution in [3.8, 4) is 5.69 Å². The van der Waals surface area contributed by atoms with Gasteiger partial charge in [-0.05, 0) is 82.8 Å². The Morgan fingerprint density at radius 1 is 0.971 bits per heavy atom. The lowest BCUT2D eigenvalue weighted by Crippen LogP contribution is -2.45. The Bertz CT molecular complexity index is 1140. The van der Waals surface area contributed by atoms with Crippen LogP contribution in [0.15, 0.2) is 65.7 Å². The second kappa shape index (κ2) is 10.4. The number of likely N-dealkylation sites (tertiary alicyclic amines) is 1. The third kappa shape index (κ3) is 5.14. The van der Waals surface area contributed by atoms with Gasteiger partial charge in [0, 0.05) is 6.04 Å². The highest BCUT2D eigenvalue weighted by Crippen LogP contribution is 2.33. The number of hydrogen-bond donors (Lipinski definition) is 1. The van der Waals surface area contributed by atoms with Crippen molar-refractivity contribution in [2.45, 2.75) is 64.6 Å². The van der Waals surface area contributed by atoms with E-state index in [1.54, 1.807) is 10.9 Å². The van der Waals surface area contributed by atoms with Gasteiger partial charge >= 0.3 is 5.69 Å². The van der Waals surface area contributed by atoms with Crippen LogP contribution in [0.25, 0.3) is 5.69 Å². The molecular weight excluding hydrogens is 426 g/mol. The lowest BCUT2D eigenvalue weighted by molar-refractivity contribution is -0.127. The molecule has 1 amide bonds. The molecule has 0 saturated carbocycles. The molecule has 1 atom stereocenters. The first kappa shape index (κ1) is 24.0. The minimum atomic E-state index is -0.267. The van der Waals surface area contributed by atoms with Gasteiger partial charge in [0.25, 0.3) is 0 Å². The van der Waals surface area contributed by atoms with Crippen molar-refractivity contribution in [3.05, 3.63) is 82.5 Å². The summed E-state index contributed by atoms with van der Waals surface area (Å²) in [5.74, 6) is 0.501. The van der Waals surface area contributed by atoms with E-state index in [4.69, 9.17) is 0 Å². The molecule has 1 aliphatic rings. The summed E-state index contributed by atoms with van der Waals surface area (Å²) in [5.41, 5.74) is 3.02. The lowest BCUT2D eigenvalue weighted by Gasteiger charge is -2.37. The zero-order valence-corrected chi connectivity index (χ0v) is 20.5. The molecule has 1 N–H and O–H groups in total. The van der Waals surface area contributed by atoms with Crippen LogP contribution in [0.1, 0.15) is 69.7 Å². The number of amides is 1. The van der Waals surface area contributed by atoms with E-state index >= 15 is 0 Å². The summed E-state index contributed by atoms with van der Waals surface area (Å²) in [7, 11) is 0. The highest BCUT2D eigenvalue weighted by atomic mass is 16.2. The van der Waals surface area contributed by atoms with Gasteiger partial charge in [0.2, 0.25) is 5.91 Å². The van der Waals surface area contributed by atoms with Gasteiger partial charge in [-0.25, -0.2) is 14.0 Å². The first-order valence-corrected chi connectivity index (χ1v) is 12.2. The topological polar surface area (TPSA) is 72.2 Å². The molecule has 1 aliphatic heterocycles. The normalized spacial score (nSPS) is 16.2. The first-order chi connectivity index (χ1) is 16.3. The summed E-state index contributed by atoms with van der Waals surface area (Å²) in [6, 6.07) is 18.2. The highest BCUT2D eigenvalue weighted by Gasteiger charge is 2.31. The predicted molar refractivity (Wildman–Crippen MR) is 134 cm³/mol. The van der Waals surface area contributed by atoms with Crippen LogP contribution in [0.4, 0.5) is 0 Å². The van der Waals surface area contributed by atoms with Crippen LogP contribution < -0.4 is 11.0 Å². The Balaban J connectivity index is 1.45. The molecule has 34 heavy (non-hydrogen) atoms. The van der Waals surface area contributed by atoms with Gasteiger partial charge in [0.1, 0.15) is 12.4 Å². The van der Waals surface area contributed by atoms with Crippen LogP contribution in [-0.4, -0.2) is 44.3 Å². The molecule has 7 nitrogen and oxygen atoms in total. The molecule has 1 fully saturated rings. The molecule has 0 aliphatic carbocycles. The van der Waals surface area contributed by atoms with Crippen molar-refractivity contribution >= 4 is 5.91 Å². The fourth-order valence-corrected chi connectivity index (χ4v) is 4.77. The molecular formula is C27H35N5O2. The number of benzene rings is 2. The number of piperidine rings is 1. The molecule has 3 aromatic rings. The number of carbonyl (C=O) groups excluding carboxylic acids is 1. The van der Waals surface area contributed by atoms with Gasteiger partial charge < -0.3 is 5.32 Å². The summed E-state index contributed by atoms with van der Waals surface area (Å²) in [4.78, 5) is 27.9. The maximum absolute atomic E-state index is 13.1. The lowest BCUT2D eigenvalue weighted by atomic mass is 9.88. The molecule has 180 valence electrons. The molecule has 1 saturated heterocycles. The van der Waals surface area contributed by atoms with E-state index in [1.807, 2.05) is 70.2 Å². The monoisotopic (exact) mass is 461 g/mol. The van der Waals surface area contributed by atoms with Crippen LogP contribution in [0.3, 0.4) is 0 Å². The van der Waals surface area contributed by atoms with E-state index in [1.165, 1.54) is 10.2 Å². The molecule has 0 bridgehead atoms. The number of nitrogens with one attached hydrogen (secondary N) is 1. The number of carbonyl (C=O) groups is 1. The van der Waals surface area contributed by atoms with Crippen molar-refractivity contribution in [2.24, 2.45) is 0 Å². The van der Waals surface area contributed by atoms with Gasteiger partial charge in [-0.1, -0.05) is 42.5 Å². The number of aromatic nitrogens is 3. The van der Waals surface area contributed by atoms with E-state index < -0.39 is 0 Å². The number of rotatable bonds is 7. The van der Waals surface area contributed by atoms with Crippen LogP contribution in [0, 0.1) is 0 Å². The third-order valence-electron chi connectivity index (χ3n) is 6.51. The molecule has 0 radical (unpaired) electrons. The zero-order chi connectivity index (χ0) is 24.2. The van der Waals surface area contributed by atoms with E-state index in [0.717, 1.165) is 37.2 Å². The molecule has 1 unspecified atom stereocenters. The Morgan fingerprint density at radius 3 is 2.18 bits per heavy atom. The quantitative estimate of drug-likeness (QED) is 0.576. The van der Waals surface area contributed by atoms with E-state index in [0.29, 0.717) is 5.92 Å². The number of hydrogen-bond acceptors (Lipinski definition) is 4. The standard InChI is InChI=1S/C27H35N5O2/c1-19(2)29-26(33)25(23-8-6-5-7-9-23)30-16-14-22(15-17-30)21-10-12-24(13-11-21)31-18-28-32(20(3)4)27(31)34/h5-13,18-20,22,25H,14-17H2,1-4H3,(H,29,33). The summed E-state index contributed by atoms with van der Waals surface area (Å²) in [5, 5.41) is 7.32. The Morgan fingerprint density at radius 2 is 1.62 bits per heavy atom. The average molecular weight is 462 g/mol.